The fourth-order valence-corrected chi connectivity index (χ4v) is 2.48. The van der Waals surface area contributed by atoms with E-state index < -0.39 is 6.10 Å². The molecule has 1 aromatic carbocycles. The lowest BCUT2D eigenvalue weighted by Crippen LogP contribution is -2.42. The van der Waals surface area contributed by atoms with E-state index in [1.807, 2.05) is 35.2 Å². The van der Waals surface area contributed by atoms with E-state index in [1.54, 1.807) is 6.92 Å². The molecule has 1 aliphatic rings. The first-order chi connectivity index (χ1) is 8.18. The third kappa shape index (κ3) is 2.86. The number of carbonyl (C=O) groups is 1. The Morgan fingerprint density at radius 2 is 2.18 bits per heavy atom. The number of nitrogens with zero attached hydrogens (tertiary/aromatic N) is 1. The molecule has 1 aromatic rings. The second-order valence-corrected chi connectivity index (χ2v) is 4.70. The van der Waals surface area contributed by atoms with Gasteiger partial charge in [0, 0.05) is 6.54 Å². The van der Waals surface area contributed by atoms with E-state index in [0.717, 1.165) is 24.9 Å². The summed E-state index contributed by atoms with van der Waals surface area (Å²) < 4.78 is 0. The summed E-state index contributed by atoms with van der Waals surface area (Å²) in [7, 11) is 0. The average molecular weight is 233 g/mol. The Kier molecular flexibility index (Phi) is 3.79. The van der Waals surface area contributed by atoms with Gasteiger partial charge in [0.25, 0.3) is 0 Å². The van der Waals surface area contributed by atoms with Crippen molar-refractivity contribution < 1.29 is 9.90 Å². The number of aliphatic hydroxyl groups excluding tert-OH is 1. The van der Waals surface area contributed by atoms with Crippen molar-refractivity contribution in [3.8, 4) is 0 Å². The summed E-state index contributed by atoms with van der Waals surface area (Å²) in [6, 6.07) is 9.77. The Balaban J connectivity index is 2.00. The van der Waals surface area contributed by atoms with E-state index in [-0.39, 0.29) is 11.9 Å². The van der Waals surface area contributed by atoms with Crippen LogP contribution in [0.3, 0.4) is 0 Å². The fourth-order valence-electron chi connectivity index (χ4n) is 2.48. The first-order valence-corrected chi connectivity index (χ1v) is 6.20. The molecule has 0 aromatic heterocycles. The highest BCUT2D eigenvalue weighted by molar-refractivity contribution is 5.79. The minimum Gasteiger partial charge on any atom is -0.391 e. The number of carbonyl (C=O) groups excluding carboxylic acids is 1. The van der Waals surface area contributed by atoms with Gasteiger partial charge in [-0.25, -0.2) is 0 Å². The molecule has 1 N–H and O–H groups in total. The van der Waals surface area contributed by atoms with Gasteiger partial charge >= 0.3 is 0 Å². The Bertz CT molecular complexity index is 375. The summed E-state index contributed by atoms with van der Waals surface area (Å²) >= 11 is 0. The molecule has 1 heterocycles. The van der Waals surface area contributed by atoms with Crippen molar-refractivity contribution >= 4 is 5.91 Å². The highest BCUT2D eigenvalue weighted by atomic mass is 16.3. The molecule has 1 amide bonds. The second-order valence-electron chi connectivity index (χ2n) is 4.70. The van der Waals surface area contributed by atoms with E-state index in [0.29, 0.717) is 6.42 Å². The first-order valence-electron chi connectivity index (χ1n) is 6.20. The molecule has 1 unspecified atom stereocenters. The predicted octanol–water partition coefficient (Wildman–Crippen LogP) is 1.60. The second kappa shape index (κ2) is 5.32. The van der Waals surface area contributed by atoms with Gasteiger partial charge in [-0.05, 0) is 25.3 Å². The summed E-state index contributed by atoms with van der Waals surface area (Å²) in [5.41, 5.74) is 1.04. The van der Waals surface area contributed by atoms with E-state index in [1.165, 1.54) is 0 Å². The van der Waals surface area contributed by atoms with Gasteiger partial charge in [0.2, 0.25) is 5.91 Å². The summed E-state index contributed by atoms with van der Waals surface area (Å²) in [6.07, 6.45) is 1.91. The van der Waals surface area contributed by atoms with Gasteiger partial charge in [0.15, 0.2) is 0 Å². The normalized spacial score (nSPS) is 21.5. The van der Waals surface area contributed by atoms with Crippen LogP contribution in [-0.4, -0.2) is 34.6 Å². The zero-order valence-corrected chi connectivity index (χ0v) is 10.2. The van der Waals surface area contributed by atoms with Gasteiger partial charge in [-0.15, -0.1) is 0 Å². The molecule has 0 radical (unpaired) electrons. The molecule has 1 saturated heterocycles. The van der Waals surface area contributed by atoms with E-state index in [9.17, 15) is 9.90 Å². The Labute approximate surface area is 102 Å². The molecule has 0 aliphatic carbocycles. The lowest BCUT2D eigenvalue weighted by Gasteiger charge is -2.26. The largest absolute Gasteiger partial charge is 0.391 e. The van der Waals surface area contributed by atoms with Crippen LogP contribution in [0.25, 0.3) is 0 Å². The topological polar surface area (TPSA) is 40.5 Å². The third-order valence-electron chi connectivity index (χ3n) is 3.37. The first kappa shape index (κ1) is 12.1. The Hall–Kier alpha value is -1.35. The summed E-state index contributed by atoms with van der Waals surface area (Å²) in [6.45, 7) is 2.54. The zero-order valence-electron chi connectivity index (χ0n) is 10.2. The van der Waals surface area contributed by atoms with Crippen LogP contribution in [0.5, 0.6) is 0 Å². The highest BCUT2D eigenvalue weighted by Crippen LogP contribution is 2.21. The molecule has 2 atom stereocenters. The van der Waals surface area contributed by atoms with Crippen molar-refractivity contribution in [3.05, 3.63) is 35.9 Å². The van der Waals surface area contributed by atoms with Crippen molar-refractivity contribution in [1.82, 2.24) is 4.90 Å². The van der Waals surface area contributed by atoms with Crippen molar-refractivity contribution in [3.63, 3.8) is 0 Å². The number of likely N-dealkylation sites (tertiary alicyclic amines) is 1. The maximum atomic E-state index is 12.1. The molecule has 0 bridgehead atoms. The van der Waals surface area contributed by atoms with Crippen LogP contribution in [-0.2, 0) is 11.2 Å². The smallest absolute Gasteiger partial charge is 0.227 e. The van der Waals surface area contributed by atoms with Crippen LogP contribution >= 0.6 is 0 Å². The van der Waals surface area contributed by atoms with Crippen LogP contribution in [0, 0.1) is 0 Å². The number of hydrogen-bond acceptors (Lipinski definition) is 2. The molecule has 3 heteroatoms. The van der Waals surface area contributed by atoms with Gasteiger partial charge in [0.05, 0.1) is 18.6 Å². The summed E-state index contributed by atoms with van der Waals surface area (Å²) in [4.78, 5) is 14.0. The molecule has 2 rings (SSSR count). The molecular weight excluding hydrogens is 214 g/mol. The monoisotopic (exact) mass is 233 g/mol. The molecule has 0 spiro atoms. The van der Waals surface area contributed by atoms with Crippen LogP contribution in [0.1, 0.15) is 25.3 Å². The standard InChI is InChI=1S/C14H19NO2/c1-11(16)13-8-5-9-15(13)14(17)10-12-6-3-2-4-7-12/h2-4,6-7,11,13,16H,5,8-10H2,1H3/t11?,13-/m0/s1. The summed E-state index contributed by atoms with van der Waals surface area (Å²) in [5, 5.41) is 9.64. The molecule has 92 valence electrons. The van der Waals surface area contributed by atoms with Crippen LogP contribution in [0.15, 0.2) is 30.3 Å². The number of aliphatic hydroxyl groups is 1. The number of benzene rings is 1. The van der Waals surface area contributed by atoms with Gasteiger partial charge < -0.3 is 10.0 Å². The number of rotatable bonds is 3. The van der Waals surface area contributed by atoms with Crippen LogP contribution < -0.4 is 0 Å². The molecule has 1 fully saturated rings. The maximum Gasteiger partial charge on any atom is 0.227 e. The molecule has 0 saturated carbocycles. The van der Waals surface area contributed by atoms with Crippen molar-refractivity contribution in [2.45, 2.75) is 38.3 Å². The van der Waals surface area contributed by atoms with Gasteiger partial charge in [-0.2, -0.15) is 0 Å². The van der Waals surface area contributed by atoms with Gasteiger partial charge in [-0.1, -0.05) is 30.3 Å². The average Bonchev–Trinajstić information content (AvgIpc) is 2.79. The predicted molar refractivity (Wildman–Crippen MR) is 66.6 cm³/mol. The van der Waals surface area contributed by atoms with E-state index >= 15 is 0 Å². The molecule has 3 nitrogen and oxygen atoms in total. The quantitative estimate of drug-likeness (QED) is 0.861. The van der Waals surface area contributed by atoms with Crippen molar-refractivity contribution in [2.75, 3.05) is 6.54 Å². The van der Waals surface area contributed by atoms with Gasteiger partial charge in [0.1, 0.15) is 0 Å². The third-order valence-corrected chi connectivity index (χ3v) is 3.37. The highest BCUT2D eigenvalue weighted by Gasteiger charge is 2.31. The lowest BCUT2D eigenvalue weighted by atomic mass is 10.1. The van der Waals surface area contributed by atoms with Crippen molar-refractivity contribution in [2.24, 2.45) is 0 Å². The van der Waals surface area contributed by atoms with E-state index in [2.05, 4.69) is 0 Å². The van der Waals surface area contributed by atoms with Crippen LogP contribution in [0.2, 0.25) is 0 Å². The number of amides is 1. The van der Waals surface area contributed by atoms with Gasteiger partial charge in [-0.3, -0.25) is 4.79 Å². The molecular formula is C14H19NO2. The SMILES string of the molecule is CC(O)[C@@H]1CCCN1C(=O)Cc1ccccc1. The van der Waals surface area contributed by atoms with E-state index in [4.69, 9.17) is 0 Å². The summed E-state index contributed by atoms with van der Waals surface area (Å²) in [5.74, 6) is 0.125. The number of hydrogen-bond donors (Lipinski definition) is 1. The Morgan fingerprint density at radius 1 is 1.47 bits per heavy atom. The minimum atomic E-state index is -0.433. The van der Waals surface area contributed by atoms with Crippen LogP contribution in [0.4, 0.5) is 0 Å². The fraction of sp³-hybridized carbons (Fsp3) is 0.500. The minimum absolute atomic E-state index is 0.00575. The lowest BCUT2D eigenvalue weighted by molar-refractivity contribution is -0.133. The molecule has 17 heavy (non-hydrogen) atoms. The Morgan fingerprint density at radius 3 is 2.82 bits per heavy atom. The maximum absolute atomic E-state index is 12.1. The zero-order chi connectivity index (χ0) is 12.3. The van der Waals surface area contributed by atoms with Crippen molar-refractivity contribution in [1.29, 1.82) is 0 Å². The molecule has 1 aliphatic heterocycles.